The molecule has 0 aromatic rings. The van der Waals surface area contributed by atoms with E-state index in [4.69, 9.17) is 9.47 Å². The van der Waals surface area contributed by atoms with Crippen LogP contribution in [0.3, 0.4) is 0 Å². The number of rotatable bonds is 9. The van der Waals surface area contributed by atoms with Crippen LogP contribution in [0.4, 0.5) is 0 Å². The van der Waals surface area contributed by atoms with E-state index in [1.165, 1.54) is 0 Å². The minimum Gasteiger partial charge on any atom is -0.381 e. The molecule has 4 nitrogen and oxygen atoms in total. The van der Waals surface area contributed by atoms with Crippen LogP contribution in [0.5, 0.6) is 0 Å². The average molecular weight is 328 g/mol. The average Bonchev–Trinajstić information content (AvgIpc) is 3.00. The van der Waals surface area contributed by atoms with Gasteiger partial charge in [0.2, 0.25) is 5.91 Å². The molecular weight excluding hydrogens is 290 g/mol. The number of nitrogens with zero attached hydrogens (tertiary/aromatic N) is 1. The van der Waals surface area contributed by atoms with Gasteiger partial charge in [0.05, 0.1) is 24.7 Å². The fourth-order valence-corrected chi connectivity index (χ4v) is 3.83. The van der Waals surface area contributed by atoms with Crippen LogP contribution in [-0.2, 0) is 14.3 Å². The summed E-state index contributed by atoms with van der Waals surface area (Å²) in [5.74, 6) is 1.58. The fraction of sp³-hybridized carbons (Fsp3) is 0.947. The van der Waals surface area contributed by atoms with Gasteiger partial charge in [-0.25, -0.2) is 0 Å². The molecule has 1 rings (SSSR count). The fourth-order valence-electron chi connectivity index (χ4n) is 3.83. The quantitative estimate of drug-likeness (QED) is 0.647. The first kappa shape index (κ1) is 20.4. The zero-order valence-electron chi connectivity index (χ0n) is 16.2. The molecule has 1 saturated heterocycles. The van der Waals surface area contributed by atoms with Crippen molar-refractivity contribution in [3.05, 3.63) is 0 Å². The van der Waals surface area contributed by atoms with Gasteiger partial charge >= 0.3 is 0 Å². The zero-order valence-corrected chi connectivity index (χ0v) is 16.2. The normalized spacial score (nSPS) is 23.8. The van der Waals surface area contributed by atoms with Crippen molar-refractivity contribution in [3.63, 3.8) is 0 Å². The molecule has 0 spiro atoms. The van der Waals surface area contributed by atoms with Crippen LogP contribution < -0.4 is 0 Å². The van der Waals surface area contributed by atoms with Crippen molar-refractivity contribution in [1.29, 1.82) is 0 Å². The molecular formula is C19H37NO3. The zero-order chi connectivity index (χ0) is 17.6. The van der Waals surface area contributed by atoms with Crippen LogP contribution in [0.1, 0.15) is 60.3 Å². The predicted octanol–water partition coefficient (Wildman–Crippen LogP) is 3.74. The molecule has 0 bridgehead atoms. The van der Waals surface area contributed by atoms with Gasteiger partial charge in [-0.05, 0) is 30.6 Å². The summed E-state index contributed by atoms with van der Waals surface area (Å²) >= 11 is 0. The van der Waals surface area contributed by atoms with Gasteiger partial charge in [0.1, 0.15) is 0 Å². The van der Waals surface area contributed by atoms with E-state index in [2.05, 4.69) is 34.6 Å². The molecule has 0 N–H and O–H groups in total. The number of ether oxygens (including phenoxy) is 2. The Morgan fingerprint density at radius 3 is 2.30 bits per heavy atom. The molecule has 0 aromatic heterocycles. The molecule has 0 radical (unpaired) electrons. The van der Waals surface area contributed by atoms with E-state index in [1.54, 1.807) is 14.2 Å². The third kappa shape index (κ3) is 5.18. The predicted molar refractivity (Wildman–Crippen MR) is 94.4 cm³/mol. The number of hydrogen-bond acceptors (Lipinski definition) is 3. The molecule has 136 valence electrons. The van der Waals surface area contributed by atoms with Crippen molar-refractivity contribution in [2.45, 2.75) is 78.6 Å². The highest BCUT2D eigenvalue weighted by Crippen LogP contribution is 2.29. The molecule has 0 aromatic carbocycles. The molecule has 5 atom stereocenters. The van der Waals surface area contributed by atoms with Gasteiger partial charge in [0.15, 0.2) is 0 Å². The summed E-state index contributed by atoms with van der Waals surface area (Å²) in [6.07, 6.45) is 3.82. The van der Waals surface area contributed by atoms with Gasteiger partial charge in [-0.2, -0.15) is 0 Å². The molecule has 1 fully saturated rings. The number of carbonyl (C=O) groups is 1. The first-order valence-corrected chi connectivity index (χ1v) is 9.22. The Bertz CT molecular complexity index is 359. The highest BCUT2D eigenvalue weighted by atomic mass is 16.5. The second-order valence-corrected chi connectivity index (χ2v) is 7.46. The van der Waals surface area contributed by atoms with Gasteiger partial charge in [-0.3, -0.25) is 4.79 Å². The van der Waals surface area contributed by atoms with Crippen LogP contribution in [0.2, 0.25) is 0 Å². The Hall–Kier alpha value is -0.610. The number of likely N-dealkylation sites (tertiary alicyclic amines) is 1. The monoisotopic (exact) mass is 327 g/mol. The van der Waals surface area contributed by atoms with E-state index in [1.807, 2.05) is 4.90 Å². The van der Waals surface area contributed by atoms with Crippen molar-refractivity contribution in [3.8, 4) is 0 Å². The lowest BCUT2D eigenvalue weighted by Crippen LogP contribution is -2.47. The molecule has 5 unspecified atom stereocenters. The maximum atomic E-state index is 12.9. The lowest BCUT2D eigenvalue weighted by Gasteiger charge is -2.35. The summed E-state index contributed by atoms with van der Waals surface area (Å²) in [7, 11) is 3.49. The summed E-state index contributed by atoms with van der Waals surface area (Å²) in [4.78, 5) is 14.9. The van der Waals surface area contributed by atoms with E-state index in [0.717, 1.165) is 25.8 Å². The van der Waals surface area contributed by atoms with Gasteiger partial charge in [-0.1, -0.05) is 41.0 Å². The SMILES string of the molecule is CCC(C)C(C)C(CC(=O)N1CCCC1C(OC)C(C)C)OC. The van der Waals surface area contributed by atoms with Crippen LogP contribution in [0.15, 0.2) is 0 Å². The first-order valence-electron chi connectivity index (χ1n) is 9.22. The second kappa shape index (κ2) is 9.63. The number of carbonyl (C=O) groups excluding carboxylic acids is 1. The summed E-state index contributed by atoms with van der Waals surface area (Å²) in [6.45, 7) is 11.8. The summed E-state index contributed by atoms with van der Waals surface area (Å²) < 4.78 is 11.3. The van der Waals surface area contributed by atoms with Crippen molar-refractivity contribution in [2.24, 2.45) is 17.8 Å². The van der Waals surface area contributed by atoms with Gasteiger partial charge in [0, 0.05) is 20.8 Å². The third-order valence-electron chi connectivity index (χ3n) is 5.73. The topological polar surface area (TPSA) is 38.8 Å². The number of hydrogen-bond donors (Lipinski definition) is 0. The lowest BCUT2D eigenvalue weighted by atomic mass is 9.87. The maximum absolute atomic E-state index is 12.9. The van der Waals surface area contributed by atoms with E-state index >= 15 is 0 Å². The van der Waals surface area contributed by atoms with Crippen LogP contribution in [0.25, 0.3) is 0 Å². The molecule has 0 saturated carbocycles. The van der Waals surface area contributed by atoms with E-state index in [-0.39, 0.29) is 24.2 Å². The highest BCUT2D eigenvalue weighted by molar-refractivity contribution is 5.77. The minimum absolute atomic E-state index is 0.00116. The molecule has 4 heteroatoms. The molecule has 23 heavy (non-hydrogen) atoms. The molecule has 1 heterocycles. The van der Waals surface area contributed by atoms with Crippen molar-refractivity contribution >= 4 is 5.91 Å². The first-order chi connectivity index (χ1) is 10.9. The lowest BCUT2D eigenvalue weighted by molar-refractivity contribution is -0.139. The summed E-state index contributed by atoms with van der Waals surface area (Å²) in [5, 5.41) is 0. The van der Waals surface area contributed by atoms with Crippen LogP contribution in [0, 0.1) is 17.8 Å². The maximum Gasteiger partial charge on any atom is 0.225 e. The van der Waals surface area contributed by atoms with E-state index < -0.39 is 0 Å². The molecule has 1 aliphatic rings. The Labute approximate surface area is 142 Å². The Morgan fingerprint density at radius 2 is 1.83 bits per heavy atom. The number of methoxy groups -OCH3 is 2. The molecule has 1 amide bonds. The smallest absolute Gasteiger partial charge is 0.225 e. The van der Waals surface area contributed by atoms with Gasteiger partial charge in [0.25, 0.3) is 0 Å². The van der Waals surface area contributed by atoms with Crippen LogP contribution in [-0.4, -0.2) is 49.8 Å². The number of amides is 1. The van der Waals surface area contributed by atoms with Gasteiger partial charge in [-0.15, -0.1) is 0 Å². The van der Waals surface area contributed by atoms with Crippen LogP contribution >= 0.6 is 0 Å². The largest absolute Gasteiger partial charge is 0.381 e. The summed E-state index contributed by atoms with van der Waals surface area (Å²) in [5.41, 5.74) is 0. The van der Waals surface area contributed by atoms with E-state index in [9.17, 15) is 4.79 Å². The molecule has 0 aliphatic carbocycles. The van der Waals surface area contributed by atoms with Crippen molar-refractivity contribution in [2.75, 3.05) is 20.8 Å². The Kier molecular flexibility index (Phi) is 8.56. The van der Waals surface area contributed by atoms with E-state index in [0.29, 0.717) is 24.2 Å². The second-order valence-electron chi connectivity index (χ2n) is 7.46. The Balaban J connectivity index is 2.74. The highest BCUT2D eigenvalue weighted by Gasteiger charge is 2.37. The van der Waals surface area contributed by atoms with Crippen molar-refractivity contribution < 1.29 is 14.3 Å². The minimum atomic E-state index is -0.00116. The van der Waals surface area contributed by atoms with Gasteiger partial charge < -0.3 is 14.4 Å². The summed E-state index contributed by atoms with van der Waals surface area (Å²) in [6, 6.07) is 0.212. The molecule has 1 aliphatic heterocycles. The third-order valence-corrected chi connectivity index (χ3v) is 5.73. The Morgan fingerprint density at radius 1 is 1.17 bits per heavy atom. The van der Waals surface area contributed by atoms with Crippen molar-refractivity contribution in [1.82, 2.24) is 4.90 Å². The standard InChI is InChI=1S/C19H37NO3/c1-8-14(4)15(5)17(22-6)12-18(21)20-11-9-10-16(20)19(23-7)13(2)3/h13-17,19H,8-12H2,1-7H3.